The Morgan fingerprint density at radius 2 is 1.82 bits per heavy atom. The number of carboxylic acids is 1. The number of carbonyl (C=O) groups is 2. The minimum atomic E-state index is -4.64. The van der Waals surface area contributed by atoms with Gasteiger partial charge >= 0.3 is 12.1 Å². The van der Waals surface area contributed by atoms with E-state index in [1.54, 1.807) is 24.3 Å². The summed E-state index contributed by atoms with van der Waals surface area (Å²) in [6, 6.07) is 12.0. The van der Waals surface area contributed by atoms with Gasteiger partial charge in [-0.2, -0.15) is 13.2 Å². The van der Waals surface area contributed by atoms with E-state index in [-0.39, 0.29) is 28.3 Å². The number of ether oxygens (including phenoxy) is 1. The molecule has 0 saturated heterocycles. The highest BCUT2D eigenvalue weighted by Gasteiger charge is 2.33. The molecule has 200 valence electrons. The molecule has 0 radical (unpaired) electrons. The summed E-state index contributed by atoms with van der Waals surface area (Å²) in [6.07, 6.45) is -2.34. The van der Waals surface area contributed by atoms with Crippen LogP contribution in [0, 0.1) is 5.41 Å². The summed E-state index contributed by atoms with van der Waals surface area (Å²) in [4.78, 5) is 33.6. The summed E-state index contributed by atoms with van der Waals surface area (Å²) < 4.78 is 45.4. The van der Waals surface area contributed by atoms with Gasteiger partial charge in [-0.05, 0) is 50.2 Å². The van der Waals surface area contributed by atoms with Crippen LogP contribution in [0.4, 0.5) is 18.9 Å². The first kappa shape index (κ1) is 28.6. The molecular weight excluding hydrogens is 523 g/mol. The van der Waals surface area contributed by atoms with E-state index in [1.807, 2.05) is 0 Å². The molecule has 38 heavy (non-hydrogen) atoms. The lowest BCUT2D eigenvalue weighted by atomic mass is 9.95. The number of aliphatic imine (C=N–C) groups is 1. The van der Waals surface area contributed by atoms with Gasteiger partial charge in [0, 0.05) is 53.8 Å². The molecule has 0 bridgehead atoms. The van der Waals surface area contributed by atoms with Crippen molar-refractivity contribution in [2.75, 3.05) is 25.6 Å². The molecule has 1 amide bonds. The van der Waals surface area contributed by atoms with E-state index in [2.05, 4.69) is 9.98 Å². The lowest BCUT2D eigenvalue weighted by Gasteiger charge is -2.24. The number of hydrogen-bond donors (Lipinski definition) is 1. The molecule has 1 heterocycles. The van der Waals surface area contributed by atoms with Crippen molar-refractivity contribution < 1.29 is 32.6 Å². The van der Waals surface area contributed by atoms with Gasteiger partial charge in [0.25, 0.3) is 5.91 Å². The van der Waals surface area contributed by atoms with Gasteiger partial charge in [0.15, 0.2) is 0 Å². The third kappa shape index (κ3) is 6.31. The van der Waals surface area contributed by atoms with Crippen LogP contribution in [0.1, 0.15) is 35.5 Å². The molecule has 1 N–H and O–H groups in total. The number of amides is 1. The maximum Gasteiger partial charge on any atom is 0.433 e. The van der Waals surface area contributed by atoms with Crippen LogP contribution in [0.2, 0.25) is 5.02 Å². The molecule has 7 nitrogen and oxygen atoms in total. The highest BCUT2D eigenvalue weighted by Crippen LogP contribution is 2.35. The van der Waals surface area contributed by atoms with Crippen molar-refractivity contribution in [1.82, 2.24) is 4.98 Å². The number of halogens is 4. The number of aromatic nitrogens is 1. The van der Waals surface area contributed by atoms with E-state index in [1.165, 1.54) is 57.3 Å². The van der Waals surface area contributed by atoms with Crippen LogP contribution >= 0.6 is 11.6 Å². The van der Waals surface area contributed by atoms with Crippen molar-refractivity contribution in [1.29, 1.82) is 0 Å². The average molecular weight is 548 g/mol. The third-order valence-corrected chi connectivity index (χ3v) is 6.03. The fourth-order valence-electron chi connectivity index (χ4n) is 3.44. The number of anilines is 1. The largest absolute Gasteiger partial charge is 0.490 e. The van der Waals surface area contributed by atoms with E-state index in [9.17, 15) is 27.9 Å². The SMILES string of the molecule is C/N=C/c1cc(C(F)(F)F)ncc1-c1cc(C(=O)N(C)c2ccccc2OCC(C)(C)C(=O)O)ccc1Cl. The summed E-state index contributed by atoms with van der Waals surface area (Å²) in [5, 5.41) is 9.57. The summed E-state index contributed by atoms with van der Waals surface area (Å²) >= 11 is 6.38. The van der Waals surface area contributed by atoms with Gasteiger partial charge in [-0.15, -0.1) is 0 Å². The zero-order valence-electron chi connectivity index (χ0n) is 21.0. The zero-order valence-corrected chi connectivity index (χ0v) is 21.8. The number of hydrogen-bond acceptors (Lipinski definition) is 5. The van der Waals surface area contributed by atoms with E-state index in [0.717, 1.165) is 12.3 Å². The predicted molar refractivity (Wildman–Crippen MR) is 139 cm³/mol. The number of nitrogens with zero attached hydrogens (tertiary/aromatic N) is 3. The van der Waals surface area contributed by atoms with E-state index in [0.29, 0.717) is 17.0 Å². The minimum absolute atomic E-state index is 0.130. The van der Waals surface area contributed by atoms with Crippen LogP contribution in [0.5, 0.6) is 5.75 Å². The summed E-state index contributed by atoms with van der Waals surface area (Å²) in [5.41, 5.74) is -0.940. The van der Waals surface area contributed by atoms with Gasteiger partial charge in [0.05, 0.1) is 11.1 Å². The Balaban J connectivity index is 1.98. The van der Waals surface area contributed by atoms with Crippen molar-refractivity contribution in [3.63, 3.8) is 0 Å². The van der Waals surface area contributed by atoms with Crippen LogP contribution in [-0.4, -0.2) is 48.9 Å². The Kier molecular flexibility index (Phi) is 8.46. The molecule has 11 heteroatoms. The number of alkyl halides is 3. The number of aliphatic carboxylic acids is 1. The third-order valence-electron chi connectivity index (χ3n) is 5.70. The number of carbonyl (C=O) groups excluding carboxylic acids is 1. The molecular formula is C27H25ClF3N3O4. The lowest BCUT2D eigenvalue weighted by molar-refractivity contribution is -0.148. The quantitative estimate of drug-likeness (QED) is 0.337. The lowest BCUT2D eigenvalue weighted by Crippen LogP contribution is -2.31. The van der Waals surface area contributed by atoms with Gasteiger partial charge < -0.3 is 14.7 Å². The van der Waals surface area contributed by atoms with Crippen molar-refractivity contribution in [3.05, 3.63) is 76.6 Å². The second-order valence-electron chi connectivity index (χ2n) is 9.05. The fraction of sp³-hybridized carbons (Fsp3) is 0.259. The Hall–Kier alpha value is -3.92. The second kappa shape index (κ2) is 11.2. The summed E-state index contributed by atoms with van der Waals surface area (Å²) in [6.45, 7) is 2.92. The number of carboxylic acid groups (broad SMARTS) is 1. The van der Waals surface area contributed by atoms with E-state index < -0.39 is 29.2 Å². The molecule has 3 rings (SSSR count). The van der Waals surface area contributed by atoms with Gasteiger partial charge in [-0.1, -0.05) is 23.7 Å². The molecule has 0 unspecified atom stereocenters. The molecule has 0 aliphatic heterocycles. The summed E-state index contributed by atoms with van der Waals surface area (Å²) in [5.74, 6) is -1.18. The van der Waals surface area contributed by atoms with Gasteiger partial charge in [-0.25, -0.2) is 0 Å². The van der Waals surface area contributed by atoms with Crippen molar-refractivity contribution in [3.8, 4) is 16.9 Å². The van der Waals surface area contributed by atoms with Crippen molar-refractivity contribution in [2.45, 2.75) is 20.0 Å². The molecule has 0 aliphatic rings. The number of para-hydroxylation sites is 2. The Bertz CT molecular complexity index is 1390. The maximum atomic E-state index is 13.4. The molecule has 0 saturated carbocycles. The Labute approximate surface area is 222 Å². The molecule has 0 atom stereocenters. The van der Waals surface area contributed by atoms with E-state index >= 15 is 0 Å². The topological polar surface area (TPSA) is 92.1 Å². The van der Waals surface area contributed by atoms with Gasteiger partial charge in [0.2, 0.25) is 0 Å². The number of rotatable bonds is 8. The first-order valence-corrected chi connectivity index (χ1v) is 11.7. The van der Waals surface area contributed by atoms with Crippen LogP contribution in [-0.2, 0) is 11.0 Å². The van der Waals surface area contributed by atoms with E-state index in [4.69, 9.17) is 16.3 Å². The molecule has 3 aromatic rings. The number of benzene rings is 2. The first-order valence-electron chi connectivity index (χ1n) is 11.3. The maximum absolute atomic E-state index is 13.4. The molecule has 0 fully saturated rings. The highest BCUT2D eigenvalue weighted by molar-refractivity contribution is 6.33. The smallest absolute Gasteiger partial charge is 0.433 e. The minimum Gasteiger partial charge on any atom is -0.490 e. The average Bonchev–Trinajstić information content (AvgIpc) is 2.87. The highest BCUT2D eigenvalue weighted by atomic mass is 35.5. The molecule has 2 aromatic carbocycles. The zero-order chi connectivity index (χ0) is 28.3. The Morgan fingerprint density at radius 3 is 2.45 bits per heavy atom. The number of pyridine rings is 1. The standard InChI is InChI=1S/C27H25ClF3N3O4/c1-26(2,25(36)37)15-38-22-8-6-5-7-21(22)34(4)24(35)16-9-10-20(28)18(11-16)19-14-33-23(27(29,30)31)12-17(19)13-32-3/h5-14H,15H2,1-4H3,(H,36,37)/b32-13+. The predicted octanol–water partition coefficient (Wildman–Crippen LogP) is 6.24. The Morgan fingerprint density at radius 1 is 1.13 bits per heavy atom. The van der Waals surface area contributed by atoms with Gasteiger partial charge in [0.1, 0.15) is 18.1 Å². The fourth-order valence-corrected chi connectivity index (χ4v) is 3.66. The summed E-state index contributed by atoms with van der Waals surface area (Å²) in [7, 11) is 2.95. The van der Waals surface area contributed by atoms with Crippen molar-refractivity contribution in [2.24, 2.45) is 10.4 Å². The second-order valence-corrected chi connectivity index (χ2v) is 9.45. The monoisotopic (exact) mass is 547 g/mol. The normalized spacial score (nSPS) is 12.0. The first-order chi connectivity index (χ1) is 17.8. The molecule has 1 aromatic heterocycles. The molecule has 0 spiro atoms. The van der Waals surface area contributed by atoms with Gasteiger partial charge in [-0.3, -0.25) is 19.6 Å². The van der Waals surface area contributed by atoms with Crippen LogP contribution in [0.25, 0.3) is 11.1 Å². The van der Waals surface area contributed by atoms with Crippen LogP contribution in [0.15, 0.2) is 59.7 Å². The van der Waals surface area contributed by atoms with Crippen LogP contribution < -0.4 is 9.64 Å². The molecule has 0 aliphatic carbocycles. The van der Waals surface area contributed by atoms with Crippen molar-refractivity contribution >= 4 is 35.4 Å². The van der Waals surface area contributed by atoms with Crippen LogP contribution in [0.3, 0.4) is 0 Å².